The van der Waals surface area contributed by atoms with E-state index in [1.165, 1.54) is 17.4 Å². The minimum Gasteiger partial charge on any atom is -0.497 e. The third-order valence-corrected chi connectivity index (χ3v) is 5.74. The lowest BCUT2D eigenvalue weighted by Gasteiger charge is -2.36. The maximum absolute atomic E-state index is 12.3. The van der Waals surface area contributed by atoms with Gasteiger partial charge in [-0.1, -0.05) is 30.3 Å². The summed E-state index contributed by atoms with van der Waals surface area (Å²) in [4.78, 5) is 21.8. The number of methoxy groups -OCH3 is 1. The molecule has 138 valence electrons. The summed E-state index contributed by atoms with van der Waals surface area (Å²) in [5.74, 6) is 0.645. The molecule has 0 spiro atoms. The third-order valence-electron chi connectivity index (χ3n) is 4.69. The van der Waals surface area contributed by atoms with Crippen LogP contribution in [-0.4, -0.2) is 49.3 Å². The van der Waals surface area contributed by atoms with Gasteiger partial charge in [0.2, 0.25) is 0 Å². The minimum atomic E-state index is -0.156. The van der Waals surface area contributed by atoms with Gasteiger partial charge in [0.05, 0.1) is 12.0 Å². The largest absolute Gasteiger partial charge is 0.497 e. The maximum Gasteiger partial charge on any atom is 0.286 e. The predicted molar refractivity (Wildman–Crippen MR) is 111 cm³/mol. The number of piperazine rings is 1. The molecule has 0 aliphatic carbocycles. The van der Waals surface area contributed by atoms with Crippen LogP contribution in [0.3, 0.4) is 0 Å². The maximum atomic E-state index is 12.3. The van der Waals surface area contributed by atoms with Crippen molar-refractivity contribution in [3.8, 4) is 5.75 Å². The van der Waals surface area contributed by atoms with Crippen molar-refractivity contribution in [1.82, 2.24) is 4.90 Å². The van der Waals surface area contributed by atoms with Crippen molar-refractivity contribution in [2.75, 3.05) is 38.2 Å². The van der Waals surface area contributed by atoms with E-state index in [1.807, 2.05) is 36.4 Å². The lowest BCUT2D eigenvalue weighted by molar-refractivity contribution is -0.113. The number of rotatable bonds is 3. The Morgan fingerprint density at radius 1 is 0.963 bits per heavy atom. The molecule has 27 heavy (non-hydrogen) atoms. The monoisotopic (exact) mass is 379 g/mol. The van der Waals surface area contributed by atoms with Gasteiger partial charge in [-0.2, -0.15) is 4.99 Å². The zero-order valence-corrected chi connectivity index (χ0v) is 16.0. The topological polar surface area (TPSA) is 45.1 Å². The standard InChI is InChI=1S/C21H21N3O2S/c1-26-18-9-7-16(8-10-18)15-19-20(25)22-21(27-19)24-13-11-23(12-14-24)17-5-3-2-4-6-17/h2-10,15H,11-14H2,1H3/b19-15+. The number of anilines is 1. The Hall–Kier alpha value is -2.73. The van der Waals surface area contributed by atoms with Crippen molar-refractivity contribution in [3.05, 3.63) is 65.1 Å². The van der Waals surface area contributed by atoms with Crippen molar-refractivity contribution in [2.24, 2.45) is 4.99 Å². The average Bonchev–Trinajstić information content (AvgIpc) is 3.10. The molecule has 2 aliphatic rings. The van der Waals surface area contributed by atoms with Crippen LogP contribution in [0.25, 0.3) is 6.08 Å². The van der Waals surface area contributed by atoms with Crippen LogP contribution in [-0.2, 0) is 4.79 Å². The molecule has 0 saturated carbocycles. The number of hydrogen-bond acceptors (Lipinski definition) is 5. The first-order valence-corrected chi connectivity index (χ1v) is 9.76. The number of carbonyl (C=O) groups excluding carboxylic acids is 1. The SMILES string of the molecule is COc1ccc(/C=C2/SC(N3CCN(c4ccccc4)CC3)=NC2=O)cc1. The summed E-state index contributed by atoms with van der Waals surface area (Å²) in [6.07, 6.45) is 1.89. The molecule has 0 unspecified atom stereocenters. The van der Waals surface area contributed by atoms with E-state index in [4.69, 9.17) is 4.74 Å². The zero-order chi connectivity index (χ0) is 18.6. The highest BCUT2D eigenvalue weighted by Crippen LogP contribution is 2.31. The van der Waals surface area contributed by atoms with Gasteiger partial charge in [0.25, 0.3) is 5.91 Å². The van der Waals surface area contributed by atoms with E-state index >= 15 is 0 Å². The van der Waals surface area contributed by atoms with Crippen LogP contribution >= 0.6 is 11.8 Å². The Balaban J connectivity index is 1.39. The quantitative estimate of drug-likeness (QED) is 0.764. The number of ether oxygens (including phenoxy) is 1. The molecule has 2 heterocycles. The number of hydrogen-bond donors (Lipinski definition) is 0. The molecular formula is C21H21N3O2S. The van der Waals surface area contributed by atoms with Gasteiger partial charge in [-0.3, -0.25) is 4.79 Å². The van der Waals surface area contributed by atoms with E-state index in [0.29, 0.717) is 4.91 Å². The van der Waals surface area contributed by atoms with Crippen LogP contribution in [0.2, 0.25) is 0 Å². The molecule has 1 saturated heterocycles. The molecule has 0 bridgehead atoms. The van der Waals surface area contributed by atoms with Crippen molar-refractivity contribution >= 4 is 34.6 Å². The van der Waals surface area contributed by atoms with Crippen molar-refractivity contribution < 1.29 is 9.53 Å². The fraction of sp³-hybridized carbons (Fsp3) is 0.238. The molecular weight excluding hydrogens is 358 g/mol. The Kier molecular flexibility index (Phi) is 5.16. The van der Waals surface area contributed by atoms with Crippen LogP contribution in [0.1, 0.15) is 5.56 Å². The molecule has 1 amide bonds. The summed E-state index contributed by atoms with van der Waals surface area (Å²) in [6, 6.07) is 18.1. The first-order valence-electron chi connectivity index (χ1n) is 8.94. The van der Waals surface area contributed by atoms with Gasteiger partial charge in [-0.05, 0) is 47.7 Å². The molecule has 2 aromatic carbocycles. The summed E-state index contributed by atoms with van der Waals surface area (Å²) >= 11 is 1.46. The second-order valence-corrected chi connectivity index (χ2v) is 7.40. The van der Waals surface area contributed by atoms with E-state index in [1.54, 1.807) is 7.11 Å². The minimum absolute atomic E-state index is 0.156. The zero-order valence-electron chi connectivity index (χ0n) is 15.2. The van der Waals surface area contributed by atoms with E-state index in [9.17, 15) is 4.79 Å². The van der Waals surface area contributed by atoms with Crippen molar-refractivity contribution in [3.63, 3.8) is 0 Å². The second kappa shape index (κ2) is 7.88. The van der Waals surface area contributed by atoms with E-state index in [0.717, 1.165) is 42.7 Å². The smallest absolute Gasteiger partial charge is 0.286 e. The van der Waals surface area contributed by atoms with Crippen molar-refractivity contribution in [1.29, 1.82) is 0 Å². The number of amides is 1. The number of nitrogens with zero attached hydrogens (tertiary/aromatic N) is 3. The Morgan fingerprint density at radius 3 is 2.30 bits per heavy atom. The van der Waals surface area contributed by atoms with Crippen LogP contribution in [0.5, 0.6) is 5.75 Å². The number of thioether (sulfide) groups is 1. The summed E-state index contributed by atoms with van der Waals surface area (Å²) in [6.45, 7) is 3.58. The van der Waals surface area contributed by atoms with Gasteiger partial charge in [0.15, 0.2) is 5.17 Å². The molecule has 2 aromatic rings. The first kappa shape index (κ1) is 17.7. The molecule has 0 atom stereocenters. The molecule has 4 rings (SSSR count). The fourth-order valence-corrected chi connectivity index (χ4v) is 4.14. The molecule has 1 fully saturated rings. The highest BCUT2D eigenvalue weighted by Gasteiger charge is 2.28. The molecule has 0 N–H and O–H groups in total. The number of amidine groups is 1. The normalized spacial score (nSPS) is 18.8. The number of benzene rings is 2. The molecule has 0 radical (unpaired) electrons. The van der Waals surface area contributed by atoms with Crippen molar-refractivity contribution in [2.45, 2.75) is 0 Å². The number of aliphatic imine (C=N–C) groups is 1. The van der Waals surface area contributed by atoms with Crippen LogP contribution in [0.15, 0.2) is 64.5 Å². The highest BCUT2D eigenvalue weighted by molar-refractivity contribution is 8.18. The molecule has 2 aliphatic heterocycles. The first-order chi connectivity index (χ1) is 13.2. The summed E-state index contributed by atoms with van der Waals surface area (Å²) in [5.41, 5.74) is 2.21. The van der Waals surface area contributed by atoms with Gasteiger partial charge >= 0.3 is 0 Å². The highest BCUT2D eigenvalue weighted by atomic mass is 32.2. The molecule has 0 aromatic heterocycles. The number of carbonyl (C=O) groups is 1. The molecule has 6 heteroatoms. The third kappa shape index (κ3) is 4.01. The van der Waals surface area contributed by atoms with Gasteiger partial charge < -0.3 is 14.5 Å². The summed E-state index contributed by atoms with van der Waals surface area (Å²) in [5, 5.41) is 0.812. The number of para-hydroxylation sites is 1. The summed E-state index contributed by atoms with van der Waals surface area (Å²) < 4.78 is 5.17. The molecule has 5 nitrogen and oxygen atoms in total. The Bertz CT molecular complexity index is 870. The Morgan fingerprint density at radius 2 is 1.63 bits per heavy atom. The Labute approximate surface area is 163 Å². The van der Waals surface area contributed by atoms with E-state index in [2.05, 4.69) is 39.1 Å². The van der Waals surface area contributed by atoms with E-state index in [-0.39, 0.29) is 5.91 Å². The van der Waals surface area contributed by atoms with E-state index < -0.39 is 0 Å². The second-order valence-electron chi connectivity index (χ2n) is 6.39. The van der Waals surface area contributed by atoms with Gasteiger partial charge in [0, 0.05) is 31.9 Å². The lowest BCUT2D eigenvalue weighted by Crippen LogP contribution is -2.47. The van der Waals surface area contributed by atoms with Crippen LogP contribution in [0, 0.1) is 0 Å². The fourth-order valence-electron chi connectivity index (χ4n) is 3.18. The van der Waals surface area contributed by atoms with Crippen LogP contribution in [0.4, 0.5) is 5.69 Å². The lowest BCUT2D eigenvalue weighted by atomic mass is 10.2. The van der Waals surface area contributed by atoms with Crippen LogP contribution < -0.4 is 9.64 Å². The predicted octanol–water partition coefficient (Wildman–Crippen LogP) is 3.49. The van der Waals surface area contributed by atoms with Gasteiger partial charge in [0.1, 0.15) is 5.75 Å². The van der Waals surface area contributed by atoms with Gasteiger partial charge in [-0.25, -0.2) is 0 Å². The average molecular weight is 379 g/mol. The summed E-state index contributed by atoms with van der Waals surface area (Å²) in [7, 11) is 1.64. The van der Waals surface area contributed by atoms with Gasteiger partial charge in [-0.15, -0.1) is 0 Å².